The lowest BCUT2D eigenvalue weighted by Gasteiger charge is -2.29. The molecule has 112 valence electrons. The lowest BCUT2D eigenvalue weighted by atomic mass is 9.82. The first-order valence-electron chi connectivity index (χ1n) is 5.80. The highest BCUT2D eigenvalue weighted by Gasteiger charge is 2.48. The second-order valence-electron chi connectivity index (χ2n) is 5.10. The Kier molecular flexibility index (Phi) is 4.71. The third-order valence-electron chi connectivity index (χ3n) is 3.17. The van der Waals surface area contributed by atoms with E-state index in [1.165, 1.54) is 18.2 Å². The van der Waals surface area contributed by atoms with Crippen LogP contribution in [0.2, 0.25) is 5.02 Å². The molecular formula is C13H15ClF3NO2. The quantitative estimate of drug-likeness (QED) is 0.892. The van der Waals surface area contributed by atoms with Gasteiger partial charge in [0.2, 0.25) is 0 Å². The second-order valence-corrected chi connectivity index (χ2v) is 5.54. The summed E-state index contributed by atoms with van der Waals surface area (Å²) in [4.78, 5) is 10.6. The highest BCUT2D eigenvalue weighted by Crippen LogP contribution is 2.41. The first-order chi connectivity index (χ1) is 8.95. The van der Waals surface area contributed by atoms with Gasteiger partial charge in [-0.05, 0) is 37.1 Å². The van der Waals surface area contributed by atoms with Gasteiger partial charge in [-0.2, -0.15) is 13.2 Å². The van der Waals surface area contributed by atoms with Crippen molar-refractivity contribution < 1.29 is 23.1 Å². The molecule has 7 heteroatoms. The second kappa shape index (κ2) is 5.61. The SMILES string of the molecule is CC(C)(c1cc(Cl)cc(C(N)CC(=O)O)c1)C(F)(F)F. The Bertz CT molecular complexity index is 515. The maximum absolute atomic E-state index is 13.0. The van der Waals surface area contributed by atoms with Crippen LogP contribution in [0.3, 0.4) is 0 Å². The molecule has 1 aromatic rings. The van der Waals surface area contributed by atoms with E-state index in [2.05, 4.69) is 0 Å². The standard InChI is InChI=1S/C13H15ClF3NO2/c1-12(2,13(15,16)17)8-3-7(4-9(14)5-8)10(18)6-11(19)20/h3-5,10H,6,18H2,1-2H3,(H,19,20). The predicted octanol–water partition coefficient (Wildman–Crippen LogP) is 3.65. The number of hydrogen-bond donors (Lipinski definition) is 2. The average molecular weight is 310 g/mol. The van der Waals surface area contributed by atoms with E-state index in [4.69, 9.17) is 22.4 Å². The Hall–Kier alpha value is -1.27. The molecule has 1 atom stereocenters. The van der Waals surface area contributed by atoms with Gasteiger partial charge >= 0.3 is 12.1 Å². The molecule has 0 aliphatic heterocycles. The Balaban J connectivity index is 3.25. The number of carboxylic acid groups (broad SMARTS) is 1. The van der Waals surface area contributed by atoms with Crippen molar-refractivity contribution in [3.8, 4) is 0 Å². The molecule has 0 aliphatic rings. The van der Waals surface area contributed by atoms with Gasteiger partial charge < -0.3 is 10.8 Å². The van der Waals surface area contributed by atoms with E-state index in [0.29, 0.717) is 0 Å². The fraction of sp³-hybridized carbons (Fsp3) is 0.462. The van der Waals surface area contributed by atoms with Crippen molar-refractivity contribution in [1.82, 2.24) is 0 Å². The molecule has 0 heterocycles. The van der Waals surface area contributed by atoms with Crippen LogP contribution in [0.1, 0.15) is 37.4 Å². The summed E-state index contributed by atoms with van der Waals surface area (Å²) in [6, 6.07) is 2.94. The van der Waals surface area contributed by atoms with Crippen molar-refractivity contribution in [3.63, 3.8) is 0 Å². The molecule has 0 saturated carbocycles. The summed E-state index contributed by atoms with van der Waals surface area (Å²) in [5.41, 5.74) is 3.79. The summed E-state index contributed by atoms with van der Waals surface area (Å²) in [6.07, 6.45) is -4.84. The smallest absolute Gasteiger partial charge is 0.397 e. The first-order valence-corrected chi connectivity index (χ1v) is 6.18. The molecule has 0 radical (unpaired) electrons. The average Bonchev–Trinajstić information content (AvgIpc) is 2.25. The molecule has 0 aromatic heterocycles. The summed E-state index contributed by atoms with van der Waals surface area (Å²) in [6.45, 7) is 2.07. The van der Waals surface area contributed by atoms with Crippen molar-refractivity contribution in [2.45, 2.75) is 37.9 Å². The first kappa shape index (κ1) is 16.8. The monoisotopic (exact) mass is 309 g/mol. The van der Waals surface area contributed by atoms with Gasteiger partial charge in [-0.1, -0.05) is 17.7 Å². The largest absolute Gasteiger partial charge is 0.481 e. The zero-order chi connectivity index (χ0) is 15.7. The third kappa shape index (κ3) is 3.64. The van der Waals surface area contributed by atoms with Gasteiger partial charge in [-0.3, -0.25) is 4.79 Å². The van der Waals surface area contributed by atoms with Crippen LogP contribution < -0.4 is 5.73 Å². The molecule has 20 heavy (non-hydrogen) atoms. The van der Waals surface area contributed by atoms with Crippen LogP contribution in [0, 0.1) is 0 Å². The zero-order valence-corrected chi connectivity index (χ0v) is 11.7. The minimum Gasteiger partial charge on any atom is -0.481 e. The van der Waals surface area contributed by atoms with Crippen molar-refractivity contribution in [2.75, 3.05) is 0 Å². The molecule has 1 rings (SSSR count). The normalized spacial score (nSPS) is 14.2. The molecule has 1 unspecified atom stereocenters. The van der Waals surface area contributed by atoms with Gasteiger partial charge in [-0.25, -0.2) is 0 Å². The van der Waals surface area contributed by atoms with Gasteiger partial charge in [0.1, 0.15) is 0 Å². The molecule has 0 spiro atoms. The third-order valence-corrected chi connectivity index (χ3v) is 3.39. The van der Waals surface area contributed by atoms with E-state index in [1.807, 2.05) is 0 Å². The number of hydrogen-bond acceptors (Lipinski definition) is 2. The summed E-state index contributed by atoms with van der Waals surface area (Å²) >= 11 is 5.82. The number of nitrogens with two attached hydrogens (primary N) is 1. The van der Waals surface area contributed by atoms with Crippen LogP contribution in [0.15, 0.2) is 18.2 Å². The van der Waals surface area contributed by atoms with Gasteiger partial charge in [-0.15, -0.1) is 0 Å². The summed E-state index contributed by atoms with van der Waals surface area (Å²) in [5, 5.41) is 8.77. The number of rotatable bonds is 4. The van der Waals surface area contributed by atoms with Crippen LogP contribution >= 0.6 is 11.6 Å². The van der Waals surface area contributed by atoms with E-state index in [0.717, 1.165) is 13.8 Å². The molecule has 3 nitrogen and oxygen atoms in total. The molecule has 0 saturated heterocycles. The number of alkyl halides is 3. The van der Waals surface area contributed by atoms with E-state index in [-0.39, 0.29) is 22.6 Å². The minimum absolute atomic E-state index is 0.0478. The zero-order valence-electron chi connectivity index (χ0n) is 11.0. The molecule has 3 N–H and O–H groups in total. The highest BCUT2D eigenvalue weighted by molar-refractivity contribution is 6.30. The molecule has 0 aliphatic carbocycles. The maximum atomic E-state index is 13.0. The van der Waals surface area contributed by atoms with Crippen molar-refractivity contribution in [2.24, 2.45) is 5.73 Å². The van der Waals surface area contributed by atoms with E-state index >= 15 is 0 Å². The lowest BCUT2D eigenvalue weighted by Crippen LogP contribution is -2.36. The predicted molar refractivity (Wildman–Crippen MR) is 69.7 cm³/mol. The van der Waals surface area contributed by atoms with Crippen molar-refractivity contribution in [3.05, 3.63) is 34.3 Å². The Morgan fingerprint density at radius 3 is 2.35 bits per heavy atom. The lowest BCUT2D eigenvalue weighted by molar-refractivity contribution is -0.180. The Morgan fingerprint density at radius 1 is 1.35 bits per heavy atom. The number of halogens is 4. The van der Waals surface area contributed by atoms with Gasteiger partial charge in [0.25, 0.3) is 0 Å². The van der Waals surface area contributed by atoms with Crippen LogP contribution in [0.25, 0.3) is 0 Å². The Labute approximate surface area is 119 Å². The number of carboxylic acids is 1. The van der Waals surface area contributed by atoms with Crippen LogP contribution in [-0.4, -0.2) is 17.3 Å². The Morgan fingerprint density at radius 2 is 1.90 bits per heavy atom. The fourth-order valence-electron chi connectivity index (χ4n) is 1.66. The van der Waals surface area contributed by atoms with Gasteiger partial charge in [0.05, 0.1) is 11.8 Å². The molecule has 0 fully saturated rings. The topological polar surface area (TPSA) is 63.3 Å². The molecule has 0 bridgehead atoms. The van der Waals surface area contributed by atoms with Crippen LogP contribution in [0.4, 0.5) is 13.2 Å². The van der Waals surface area contributed by atoms with E-state index in [9.17, 15) is 18.0 Å². The highest BCUT2D eigenvalue weighted by atomic mass is 35.5. The number of aliphatic carboxylic acids is 1. The summed E-state index contributed by atoms with van der Waals surface area (Å²) in [7, 11) is 0. The van der Waals surface area contributed by atoms with Gasteiger partial charge in [0, 0.05) is 11.1 Å². The molecule has 1 aromatic carbocycles. The number of benzene rings is 1. The summed E-state index contributed by atoms with van der Waals surface area (Å²) in [5.74, 6) is -1.13. The fourth-order valence-corrected chi connectivity index (χ4v) is 1.90. The van der Waals surface area contributed by atoms with Crippen LogP contribution in [0.5, 0.6) is 0 Å². The minimum atomic E-state index is -4.45. The van der Waals surface area contributed by atoms with Crippen molar-refractivity contribution >= 4 is 17.6 Å². The van der Waals surface area contributed by atoms with E-state index < -0.39 is 23.6 Å². The van der Waals surface area contributed by atoms with E-state index in [1.54, 1.807) is 0 Å². The molecular weight excluding hydrogens is 295 g/mol. The molecule has 0 amide bonds. The summed E-state index contributed by atoms with van der Waals surface area (Å²) < 4.78 is 39.1. The van der Waals surface area contributed by atoms with Gasteiger partial charge in [0.15, 0.2) is 0 Å². The number of carbonyl (C=O) groups is 1. The van der Waals surface area contributed by atoms with Crippen molar-refractivity contribution in [1.29, 1.82) is 0 Å². The van der Waals surface area contributed by atoms with Crippen LogP contribution in [-0.2, 0) is 10.2 Å². The maximum Gasteiger partial charge on any atom is 0.397 e.